The molecular weight excluding hydrogens is 340 g/mol. The second-order valence-electron chi connectivity index (χ2n) is 6.68. The first kappa shape index (κ1) is 19.2. The zero-order valence-electron chi connectivity index (χ0n) is 16.2. The number of aryl methyl sites for hydroxylation is 1. The highest BCUT2D eigenvalue weighted by atomic mass is 16.5. The van der Waals surface area contributed by atoms with Crippen LogP contribution in [0.1, 0.15) is 22.8 Å². The lowest BCUT2D eigenvalue weighted by atomic mass is 10.1. The van der Waals surface area contributed by atoms with Crippen molar-refractivity contribution in [3.63, 3.8) is 0 Å². The van der Waals surface area contributed by atoms with Crippen molar-refractivity contribution in [2.75, 3.05) is 46.4 Å². The Morgan fingerprint density at radius 2 is 1.63 bits per heavy atom. The van der Waals surface area contributed by atoms with Crippen molar-refractivity contribution >= 4 is 5.91 Å². The topological polar surface area (TPSA) is 42.0 Å². The van der Waals surface area contributed by atoms with Crippen LogP contribution in [0.5, 0.6) is 11.5 Å². The van der Waals surface area contributed by atoms with Gasteiger partial charge in [-0.3, -0.25) is 9.69 Å². The normalized spacial score (nSPS) is 14.8. The van der Waals surface area contributed by atoms with Crippen molar-refractivity contribution in [2.45, 2.75) is 13.3 Å². The number of carbonyl (C=O) groups excluding carboxylic acids is 1. The van der Waals surface area contributed by atoms with E-state index in [0.717, 1.165) is 56.2 Å². The summed E-state index contributed by atoms with van der Waals surface area (Å²) in [5.41, 5.74) is 2.03. The number of amides is 1. The smallest absolute Gasteiger partial charge is 0.253 e. The van der Waals surface area contributed by atoms with Gasteiger partial charge >= 0.3 is 0 Å². The van der Waals surface area contributed by atoms with Crippen LogP contribution in [0.15, 0.2) is 48.5 Å². The number of nitrogens with zero attached hydrogens (tertiary/aromatic N) is 2. The monoisotopic (exact) mass is 368 g/mol. The fraction of sp³-hybridized carbons (Fsp3) is 0.409. The average molecular weight is 368 g/mol. The molecule has 27 heavy (non-hydrogen) atoms. The number of hydrogen-bond acceptors (Lipinski definition) is 4. The predicted molar refractivity (Wildman–Crippen MR) is 107 cm³/mol. The molecule has 3 rings (SSSR count). The molecule has 1 amide bonds. The van der Waals surface area contributed by atoms with Crippen LogP contribution < -0.4 is 9.47 Å². The number of carbonyl (C=O) groups is 1. The molecule has 0 spiro atoms. The molecule has 0 saturated carbocycles. The van der Waals surface area contributed by atoms with E-state index in [1.54, 1.807) is 7.11 Å². The van der Waals surface area contributed by atoms with E-state index < -0.39 is 0 Å². The van der Waals surface area contributed by atoms with Crippen molar-refractivity contribution in [3.05, 3.63) is 59.7 Å². The second kappa shape index (κ2) is 9.42. The van der Waals surface area contributed by atoms with Crippen LogP contribution in [0.25, 0.3) is 0 Å². The first-order valence-corrected chi connectivity index (χ1v) is 9.57. The van der Waals surface area contributed by atoms with Crippen LogP contribution in [0, 0.1) is 0 Å². The summed E-state index contributed by atoms with van der Waals surface area (Å²) in [4.78, 5) is 16.9. The minimum absolute atomic E-state index is 0.127. The first-order chi connectivity index (χ1) is 13.2. The van der Waals surface area contributed by atoms with E-state index in [1.165, 1.54) is 5.56 Å². The zero-order chi connectivity index (χ0) is 19.1. The third-order valence-corrected chi connectivity index (χ3v) is 5.00. The predicted octanol–water partition coefficient (Wildman–Crippen LogP) is 3.09. The summed E-state index contributed by atoms with van der Waals surface area (Å²) in [5, 5.41) is 0. The van der Waals surface area contributed by atoms with Crippen LogP contribution in [-0.4, -0.2) is 62.1 Å². The van der Waals surface area contributed by atoms with Gasteiger partial charge in [0.15, 0.2) is 11.5 Å². The standard InChI is InChI=1S/C22H28N2O3/c1-3-18-8-10-19(11-9-18)22(25)24-14-12-23(13-15-24)16-17-27-21-7-5-4-6-20(21)26-2/h4-11H,3,12-17H2,1-2H3. The summed E-state index contributed by atoms with van der Waals surface area (Å²) < 4.78 is 11.2. The summed E-state index contributed by atoms with van der Waals surface area (Å²) in [6.45, 7) is 6.81. The van der Waals surface area contributed by atoms with Crippen LogP contribution >= 0.6 is 0 Å². The third kappa shape index (κ3) is 5.01. The number of piperazine rings is 1. The second-order valence-corrected chi connectivity index (χ2v) is 6.68. The van der Waals surface area contributed by atoms with Crippen molar-refractivity contribution < 1.29 is 14.3 Å². The molecule has 0 atom stereocenters. The van der Waals surface area contributed by atoms with Crippen LogP contribution in [-0.2, 0) is 6.42 Å². The molecule has 0 radical (unpaired) electrons. The molecular formula is C22H28N2O3. The molecule has 0 N–H and O–H groups in total. The molecule has 0 bridgehead atoms. The molecule has 0 aliphatic carbocycles. The van der Waals surface area contributed by atoms with Gasteiger partial charge in [-0.25, -0.2) is 0 Å². The SMILES string of the molecule is CCc1ccc(C(=O)N2CCN(CCOc3ccccc3OC)CC2)cc1. The van der Waals surface area contributed by atoms with Gasteiger partial charge < -0.3 is 14.4 Å². The lowest BCUT2D eigenvalue weighted by Crippen LogP contribution is -2.49. The molecule has 0 aromatic heterocycles. The first-order valence-electron chi connectivity index (χ1n) is 9.57. The lowest BCUT2D eigenvalue weighted by molar-refractivity contribution is 0.0619. The molecule has 1 aliphatic heterocycles. The molecule has 5 nitrogen and oxygen atoms in total. The summed E-state index contributed by atoms with van der Waals surface area (Å²) in [7, 11) is 1.65. The van der Waals surface area contributed by atoms with E-state index in [2.05, 4.69) is 11.8 Å². The maximum atomic E-state index is 12.6. The van der Waals surface area contributed by atoms with Crippen molar-refractivity contribution in [1.29, 1.82) is 0 Å². The molecule has 2 aromatic rings. The van der Waals surface area contributed by atoms with Gasteiger partial charge in [-0.05, 0) is 36.2 Å². The molecule has 5 heteroatoms. The van der Waals surface area contributed by atoms with Gasteiger partial charge in [0, 0.05) is 38.3 Å². The Kier molecular flexibility index (Phi) is 6.71. The highest BCUT2D eigenvalue weighted by Crippen LogP contribution is 2.25. The number of ether oxygens (including phenoxy) is 2. The summed E-state index contributed by atoms with van der Waals surface area (Å²) in [6, 6.07) is 15.6. The highest BCUT2D eigenvalue weighted by molar-refractivity contribution is 5.94. The summed E-state index contributed by atoms with van der Waals surface area (Å²) in [5.74, 6) is 1.65. The minimum atomic E-state index is 0.127. The lowest BCUT2D eigenvalue weighted by Gasteiger charge is -2.34. The average Bonchev–Trinajstić information content (AvgIpc) is 2.74. The van der Waals surface area contributed by atoms with E-state index in [0.29, 0.717) is 6.61 Å². The molecule has 2 aromatic carbocycles. The van der Waals surface area contributed by atoms with Crippen molar-refractivity contribution in [2.24, 2.45) is 0 Å². The van der Waals surface area contributed by atoms with Gasteiger partial charge in [-0.2, -0.15) is 0 Å². The molecule has 1 aliphatic rings. The van der Waals surface area contributed by atoms with Gasteiger partial charge in [0.25, 0.3) is 5.91 Å². The van der Waals surface area contributed by atoms with Crippen molar-refractivity contribution in [1.82, 2.24) is 9.80 Å². The Morgan fingerprint density at radius 1 is 0.963 bits per heavy atom. The summed E-state index contributed by atoms with van der Waals surface area (Å²) >= 11 is 0. The number of rotatable bonds is 7. The summed E-state index contributed by atoms with van der Waals surface area (Å²) in [6.07, 6.45) is 0.990. The maximum absolute atomic E-state index is 12.6. The number of benzene rings is 2. The Bertz CT molecular complexity index is 737. The number of hydrogen-bond donors (Lipinski definition) is 0. The zero-order valence-corrected chi connectivity index (χ0v) is 16.2. The largest absolute Gasteiger partial charge is 0.493 e. The molecule has 0 unspecified atom stereocenters. The highest BCUT2D eigenvalue weighted by Gasteiger charge is 2.22. The number of methoxy groups -OCH3 is 1. The van der Waals surface area contributed by atoms with Gasteiger partial charge in [0.1, 0.15) is 6.61 Å². The minimum Gasteiger partial charge on any atom is -0.493 e. The number of para-hydroxylation sites is 2. The van der Waals surface area contributed by atoms with Crippen LogP contribution in [0.3, 0.4) is 0 Å². The van der Waals surface area contributed by atoms with E-state index in [9.17, 15) is 4.79 Å². The molecule has 1 heterocycles. The van der Waals surface area contributed by atoms with E-state index in [4.69, 9.17) is 9.47 Å². The van der Waals surface area contributed by atoms with Crippen molar-refractivity contribution in [3.8, 4) is 11.5 Å². The fourth-order valence-corrected chi connectivity index (χ4v) is 3.26. The van der Waals surface area contributed by atoms with Gasteiger partial charge in [-0.15, -0.1) is 0 Å². The molecule has 144 valence electrons. The third-order valence-electron chi connectivity index (χ3n) is 5.00. The Morgan fingerprint density at radius 3 is 2.26 bits per heavy atom. The van der Waals surface area contributed by atoms with E-state index in [-0.39, 0.29) is 5.91 Å². The van der Waals surface area contributed by atoms with Crippen LogP contribution in [0.4, 0.5) is 0 Å². The Balaban J connectivity index is 1.43. The Hall–Kier alpha value is -2.53. The van der Waals surface area contributed by atoms with Crippen LogP contribution in [0.2, 0.25) is 0 Å². The fourth-order valence-electron chi connectivity index (χ4n) is 3.26. The van der Waals surface area contributed by atoms with Gasteiger partial charge in [0.2, 0.25) is 0 Å². The van der Waals surface area contributed by atoms with Gasteiger partial charge in [0.05, 0.1) is 7.11 Å². The van der Waals surface area contributed by atoms with Gasteiger partial charge in [-0.1, -0.05) is 31.2 Å². The quantitative estimate of drug-likeness (QED) is 0.753. The van der Waals surface area contributed by atoms with E-state index in [1.807, 2.05) is 53.4 Å². The van der Waals surface area contributed by atoms with E-state index >= 15 is 0 Å². The Labute approximate surface area is 161 Å². The maximum Gasteiger partial charge on any atom is 0.253 e. The molecule has 1 saturated heterocycles. The molecule has 1 fully saturated rings.